The summed E-state index contributed by atoms with van der Waals surface area (Å²) in [5.74, 6) is 0.548. The van der Waals surface area contributed by atoms with E-state index in [4.69, 9.17) is 10.5 Å². The molecule has 0 saturated carbocycles. The molecule has 0 aliphatic heterocycles. The van der Waals surface area contributed by atoms with E-state index in [2.05, 4.69) is 22.4 Å². The molecule has 0 unspecified atom stereocenters. The molecule has 0 fully saturated rings. The zero-order chi connectivity index (χ0) is 18.4. The summed E-state index contributed by atoms with van der Waals surface area (Å²) in [5.41, 5.74) is 10.4. The summed E-state index contributed by atoms with van der Waals surface area (Å²) < 4.78 is 6.48. The third-order valence-electron chi connectivity index (χ3n) is 3.69. The van der Waals surface area contributed by atoms with Gasteiger partial charge in [0.1, 0.15) is 5.75 Å². The second-order valence-electron chi connectivity index (χ2n) is 5.70. The maximum absolute atomic E-state index is 12.2. The normalized spacial score (nSPS) is 11.1. The molecule has 7 heteroatoms. The van der Waals surface area contributed by atoms with Crippen molar-refractivity contribution in [3.8, 4) is 5.75 Å². The van der Waals surface area contributed by atoms with Crippen molar-refractivity contribution >= 4 is 38.8 Å². The Morgan fingerprint density at radius 1 is 1.31 bits per heavy atom. The van der Waals surface area contributed by atoms with Gasteiger partial charge in [0.05, 0.1) is 23.0 Å². The first kappa shape index (κ1) is 17.9. The number of nitrogens with two attached hydrogens (primary N) is 1. The maximum Gasteiger partial charge on any atom is 0.271 e. The quantitative estimate of drug-likeness (QED) is 0.377. The molecule has 26 heavy (non-hydrogen) atoms. The number of carbonyl (C=O) groups is 1. The molecule has 0 aliphatic carbocycles. The number of aromatic nitrogens is 1. The number of benzene rings is 2. The number of nitrogens with one attached hydrogen (secondary N) is 1. The van der Waals surface area contributed by atoms with Crippen LogP contribution in [0.2, 0.25) is 0 Å². The molecule has 1 heterocycles. The zero-order valence-electron chi connectivity index (χ0n) is 14.4. The summed E-state index contributed by atoms with van der Waals surface area (Å²) in [5, 5.41) is 4.49. The summed E-state index contributed by atoms with van der Waals surface area (Å²) in [4.78, 5) is 16.4. The molecule has 2 aromatic carbocycles. The number of fused-ring (bicyclic) bond motifs is 1. The van der Waals surface area contributed by atoms with E-state index in [0.29, 0.717) is 10.7 Å². The largest absolute Gasteiger partial charge is 0.494 e. The Hall–Kier alpha value is -2.93. The van der Waals surface area contributed by atoms with Crippen LogP contribution in [0.15, 0.2) is 47.6 Å². The van der Waals surface area contributed by atoms with E-state index in [1.807, 2.05) is 24.3 Å². The first-order valence-electron chi connectivity index (χ1n) is 8.38. The minimum atomic E-state index is -0.283. The second-order valence-corrected chi connectivity index (χ2v) is 6.77. The fourth-order valence-corrected chi connectivity index (χ4v) is 3.07. The molecule has 0 radical (unpaired) electrons. The first-order valence-corrected chi connectivity index (χ1v) is 9.19. The monoisotopic (exact) mass is 368 g/mol. The molecule has 0 aliphatic rings. The van der Waals surface area contributed by atoms with Crippen molar-refractivity contribution in [3.63, 3.8) is 0 Å². The van der Waals surface area contributed by atoms with E-state index < -0.39 is 0 Å². The van der Waals surface area contributed by atoms with E-state index in [-0.39, 0.29) is 5.91 Å². The lowest BCUT2D eigenvalue weighted by atomic mass is 10.2. The number of hydrazone groups is 1. The van der Waals surface area contributed by atoms with Crippen LogP contribution in [0, 0.1) is 0 Å². The Morgan fingerprint density at radius 3 is 2.88 bits per heavy atom. The summed E-state index contributed by atoms with van der Waals surface area (Å²) in [6, 6.07) is 12.8. The van der Waals surface area contributed by atoms with Crippen LogP contribution in [0.1, 0.15) is 35.7 Å². The molecule has 0 saturated heterocycles. The predicted octanol–water partition coefficient (Wildman–Crippen LogP) is 3.82. The predicted molar refractivity (Wildman–Crippen MR) is 106 cm³/mol. The topological polar surface area (TPSA) is 89.6 Å². The number of ether oxygens (including phenoxy) is 1. The molecule has 3 N–H and O–H groups in total. The first-order chi connectivity index (χ1) is 12.7. The summed E-state index contributed by atoms with van der Waals surface area (Å²) in [6.45, 7) is 2.85. The molecular formula is C19H20N4O2S. The molecular weight excluding hydrogens is 348 g/mol. The zero-order valence-corrected chi connectivity index (χ0v) is 15.3. The van der Waals surface area contributed by atoms with Crippen LogP contribution < -0.4 is 15.9 Å². The van der Waals surface area contributed by atoms with Gasteiger partial charge in [-0.25, -0.2) is 10.4 Å². The Morgan fingerprint density at radius 2 is 2.12 bits per heavy atom. The highest BCUT2D eigenvalue weighted by Gasteiger charge is 2.07. The third kappa shape index (κ3) is 4.58. The minimum Gasteiger partial charge on any atom is -0.494 e. The van der Waals surface area contributed by atoms with Crippen molar-refractivity contribution in [2.45, 2.75) is 19.8 Å². The average molecular weight is 368 g/mol. The van der Waals surface area contributed by atoms with Gasteiger partial charge in [-0.3, -0.25) is 4.79 Å². The maximum atomic E-state index is 12.2. The van der Waals surface area contributed by atoms with E-state index >= 15 is 0 Å². The van der Waals surface area contributed by atoms with Crippen LogP contribution in [-0.4, -0.2) is 23.7 Å². The van der Waals surface area contributed by atoms with Crippen molar-refractivity contribution in [1.29, 1.82) is 0 Å². The highest BCUT2D eigenvalue weighted by atomic mass is 32.1. The Labute approximate surface area is 155 Å². The number of thiazole rings is 1. The van der Waals surface area contributed by atoms with Gasteiger partial charge < -0.3 is 10.5 Å². The number of nitrogens with zero attached hydrogens (tertiary/aromatic N) is 2. The van der Waals surface area contributed by atoms with Crippen molar-refractivity contribution in [1.82, 2.24) is 10.4 Å². The smallest absolute Gasteiger partial charge is 0.271 e. The van der Waals surface area contributed by atoms with Gasteiger partial charge in [-0.2, -0.15) is 5.10 Å². The fourth-order valence-electron chi connectivity index (χ4n) is 2.30. The summed E-state index contributed by atoms with van der Waals surface area (Å²) in [7, 11) is 0. The molecule has 0 atom stereocenters. The highest BCUT2D eigenvalue weighted by molar-refractivity contribution is 7.22. The lowest BCUT2D eigenvalue weighted by molar-refractivity contribution is 0.0955. The number of rotatable bonds is 7. The summed E-state index contributed by atoms with van der Waals surface area (Å²) >= 11 is 1.35. The Kier molecular flexibility index (Phi) is 5.80. The number of nitrogen functional groups attached to an aromatic ring is 1. The number of anilines is 1. The van der Waals surface area contributed by atoms with Crippen LogP contribution >= 0.6 is 11.3 Å². The number of amides is 1. The number of carbonyl (C=O) groups excluding carboxylic acids is 1. The van der Waals surface area contributed by atoms with E-state index in [1.165, 1.54) is 11.3 Å². The van der Waals surface area contributed by atoms with Gasteiger partial charge in [0.2, 0.25) is 0 Å². The fraction of sp³-hybridized carbons (Fsp3) is 0.211. The second kappa shape index (κ2) is 8.44. The van der Waals surface area contributed by atoms with Crippen LogP contribution in [0.4, 0.5) is 5.13 Å². The van der Waals surface area contributed by atoms with Crippen molar-refractivity contribution in [2.24, 2.45) is 5.10 Å². The minimum absolute atomic E-state index is 0.283. The molecule has 134 valence electrons. The van der Waals surface area contributed by atoms with Crippen molar-refractivity contribution in [3.05, 3.63) is 53.6 Å². The van der Waals surface area contributed by atoms with E-state index in [0.717, 1.165) is 41.0 Å². The van der Waals surface area contributed by atoms with Gasteiger partial charge in [-0.15, -0.1) is 0 Å². The average Bonchev–Trinajstić information content (AvgIpc) is 3.02. The number of unbranched alkanes of at least 4 members (excludes halogenated alkanes) is 1. The molecule has 0 spiro atoms. The van der Waals surface area contributed by atoms with Crippen molar-refractivity contribution < 1.29 is 9.53 Å². The van der Waals surface area contributed by atoms with Gasteiger partial charge in [-0.1, -0.05) is 24.7 Å². The van der Waals surface area contributed by atoms with Crippen molar-refractivity contribution in [2.75, 3.05) is 12.3 Å². The van der Waals surface area contributed by atoms with Crippen LogP contribution in [0.3, 0.4) is 0 Å². The third-order valence-corrected chi connectivity index (χ3v) is 4.54. The van der Waals surface area contributed by atoms with Gasteiger partial charge in [-0.05, 0) is 54.4 Å². The van der Waals surface area contributed by atoms with Crippen LogP contribution in [0.5, 0.6) is 5.75 Å². The summed E-state index contributed by atoms with van der Waals surface area (Å²) in [6.07, 6.45) is 3.74. The van der Waals surface area contributed by atoms with Crippen LogP contribution in [0.25, 0.3) is 10.2 Å². The van der Waals surface area contributed by atoms with E-state index in [1.54, 1.807) is 24.4 Å². The van der Waals surface area contributed by atoms with Gasteiger partial charge in [0, 0.05) is 5.56 Å². The SMILES string of the molecule is CCCCOc1ccc(/C=N\NC(=O)c2ccc3nc(N)sc3c2)cc1. The molecule has 6 nitrogen and oxygen atoms in total. The lowest BCUT2D eigenvalue weighted by Gasteiger charge is -2.05. The molecule has 3 rings (SSSR count). The van der Waals surface area contributed by atoms with E-state index in [9.17, 15) is 4.79 Å². The lowest BCUT2D eigenvalue weighted by Crippen LogP contribution is -2.17. The number of hydrogen-bond donors (Lipinski definition) is 2. The standard InChI is InChI=1S/C19H20N4O2S/c1-2-3-10-25-15-7-4-13(5-8-15)12-21-23-18(24)14-6-9-16-17(11-14)26-19(20)22-16/h4-9,11-12H,2-3,10H2,1H3,(H2,20,22)(H,23,24)/b21-12-. The molecule has 3 aromatic rings. The Bertz CT molecular complexity index is 919. The van der Waals surface area contributed by atoms with Gasteiger partial charge in [0.25, 0.3) is 5.91 Å². The Balaban J connectivity index is 1.57. The van der Waals surface area contributed by atoms with Crippen LogP contribution in [-0.2, 0) is 0 Å². The molecule has 1 amide bonds. The molecule has 0 bridgehead atoms. The van der Waals surface area contributed by atoms with Gasteiger partial charge >= 0.3 is 0 Å². The molecule has 1 aromatic heterocycles. The van der Waals surface area contributed by atoms with Gasteiger partial charge in [0.15, 0.2) is 5.13 Å². The highest BCUT2D eigenvalue weighted by Crippen LogP contribution is 2.24. The number of hydrogen-bond acceptors (Lipinski definition) is 6.